The van der Waals surface area contributed by atoms with Crippen LogP contribution < -0.4 is 10.4 Å². The molecule has 2 N–H and O–H groups in total. The van der Waals surface area contributed by atoms with Crippen molar-refractivity contribution < 1.29 is 13.9 Å². The third-order valence-corrected chi connectivity index (χ3v) is 2.76. The summed E-state index contributed by atoms with van der Waals surface area (Å²) in [5, 5.41) is 3.99. The number of anilines is 1. The van der Waals surface area contributed by atoms with Crippen LogP contribution in [-0.4, -0.2) is 10.9 Å². The van der Waals surface area contributed by atoms with E-state index < -0.39 is 0 Å². The molecule has 6 heteroatoms. The lowest BCUT2D eigenvalue weighted by atomic mass is 10.1. The Hall–Kier alpha value is -1.69. The highest BCUT2D eigenvalue weighted by Crippen LogP contribution is 2.11. The highest BCUT2D eigenvalue weighted by Gasteiger charge is 2.18. The van der Waals surface area contributed by atoms with Gasteiger partial charge in [-0.3, -0.25) is 10.5 Å². The van der Waals surface area contributed by atoms with E-state index in [0.29, 0.717) is 11.5 Å². The summed E-state index contributed by atoms with van der Waals surface area (Å²) < 4.78 is 7.32. The van der Waals surface area contributed by atoms with Gasteiger partial charge in [0.2, 0.25) is 11.7 Å². The molecule has 0 saturated carbocycles. The van der Waals surface area contributed by atoms with E-state index in [9.17, 15) is 4.79 Å². The van der Waals surface area contributed by atoms with Gasteiger partial charge in [-0.15, -0.1) is 0 Å². The van der Waals surface area contributed by atoms with Crippen LogP contribution in [0.5, 0.6) is 0 Å². The molecule has 1 aromatic heterocycles. The van der Waals surface area contributed by atoms with Crippen LogP contribution in [0.25, 0.3) is 0 Å². The summed E-state index contributed by atoms with van der Waals surface area (Å²) in [7, 11) is 0. The number of Topliss-reactive ketones (excluding diaryl/α,β-unsaturated/α-hetero) is 1. The van der Waals surface area contributed by atoms with E-state index in [-0.39, 0.29) is 18.3 Å². The third-order valence-electron chi connectivity index (χ3n) is 2.23. The van der Waals surface area contributed by atoms with Crippen molar-refractivity contribution in [3.05, 3.63) is 40.2 Å². The fourth-order valence-corrected chi connectivity index (χ4v) is 1.68. The highest BCUT2D eigenvalue weighted by atomic mass is 79.9. The number of nitrogens with two attached hydrogens (primary N) is 1. The molecule has 0 aliphatic rings. The Morgan fingerprint density at radius 1 is 1.47 bits per heavy atom. The Bertz CT molecular complexity index is 548. The van der Waals surface area contributed by atoms with Gasteiger partial charge in [-0.05, 0) is 17.2 Å². The smallest absolute Gasteiger partial charge is 0.372 e. The Morgan fingerprint density at radius 2 is 2.12 bits per heavy atom. The molecule has 0 aliphatic carbocycles. The SMILES string of the molecule is Cc1n[n+](CC(=O)c2ccc(Br)cc2)c(N)o1. The summed E-state index contributed by atoms with van der Waals surface area (Å²) in [6.45, 7) is 1.75. The molecule has 2 aromatic rings. The third kappa shape index (κ3) is 2.71. The molecule has 0 saturated heterocycles. The lowest BCUT2D eigenvalue weighted by Crippen LogP contribution is -2.42. The summed E-state index contributed by atoms with van der Waals surface area (Å²) in [6.07, 6.45) is 0. The zero-order valence-corrected chi connectivity index (χ0v) is 10.8. The van der Waals surface area contributed by atoms with Crippen molar-refractivity contribution in [1.29, 1.82) is 0 Å². The average molecular weight is 297 g/mol. The van der Waals surface area contributed by atoms with Gasteiger partial charge in [-0.1, -0.05) is 32.7 Å². The van der Waals surface area contributed by atoms with Gasteiger partial charge < -0.3 is 4.42 Å². The van der Waals surface area contributed by atoms with E-state index in [1.54, 1.807) is 19.1 Å². The quantitative estimate of drug-likeness (QED) is 0.688. The van der Waals surface area contributed by atoms with Crippen LogP contribution >= 0.6 is 15.9 Å². The van der Waals surface area contributed by atoms with Crippen molar-refractivity contribution in [3.8, 4) is 0 Å². The predicted octanol–water partition coefficient (Wildman–Crippen LogP) is 1.50. The maximum absolute atomic E-state index is 11.9. The molecular formula is C11H11BrN3O2+. The lowest BCUT2D eigenvalue weighted by molar-refractivity contribution is -0.727. The molecule has 1 heterocycles. The van der Waals surface area contributed by atoms with Gasteiger partial charge in [0.25, 0.3) is 0 Å². The number of rotatable bonds is 3. The molecular weight excluding hydrogens is 286 g/mol. The number of hydrogen-bond acceptors (Lipinski definition) is 4. The minimum Gasteiger partial charge on any atom is -0.372 e. The van der Waals surface area contributed by atoms with Crippen LogP contribution in [0.1, 0.15) is 16.2 Å². The molecule has 17 heavy (non-hydrogen) atoms. The normalized spacial score (nSPS) is 10.5. The minimum atomic E-state index is -0.0671. The summed E-state index contributed by atoms with van der Waals surface area (Å²) in [5.41, 5.74) is 6.18. The van der Waals surface area contributed by atoms with Gasteiger partial charge in [-0.25, -0.2) is 0 Å². The van der Waals surface area contributed by atoms with Crippen LogP contribution in [0, 0.1) is 6.92 Å². The second-order valence-corrected chi connectivity index (χ2v) is 4.46. The lowest BCUT2D eigenvalue weighted by Gasteiger charge is -1.97. The first-order valence-corrected chi connectivity index (χ1v) is 5.77. The Kier molecular flexibility index (Phi) is 3.23. The highest BCUT2D eigenvalue weighted by molar-refractivity contribution is 9.10. The van der Waals surface area contributed by atoms with Gasteiger partial charge in [-0.2, -0.15) is 0 Å². The Balaban J connectivity index is 2.17. The summed E-state index contributed by atoms with van der Waals surface area (Å²) in [5.74, 6) is 0.369. The van der Waals surface area contributed by atoms with Gasteiger partial charge in [0.1, 0.15) is 0 Å². The number of benzene rings is 1. The van der Waals surface area contributed by atoms with Gasteiger partial charge >= 0.3 is 6.01 Å². The van der Waals surface area contributed by atoms with Crippen molar-refractivity contribution in [1.82, 2.24) is 5.10 Å². The van der Waals surface area contributed by atoms with E-state index >= 15 is 0 Å². The van der Waals surface area contributed by atoms with Crippen molar-refractivity contribution in [2.24, 2.45) is 0 Å². The monoisotopic (exact) mass is 296 g/mol. The summed E-state index contributed by atoms with van der Waals surface area (Å²) in [4.78, 5) is 11.9. The molecule has 1 aromatic carbocycles. The zero-order valence-electron chi connectivity index (χ0n) is 9.18. The van der Waals surface area contributed by atoms with E-state index in [1.807, 2.05) is 12.1 Å². The number of carbonyl (C=O) groups excluding carboxylic acids is 1. The Labute approximate surface area is 106 Å². The fraction of sp³-hybridized carbons (Fsp3) is 0.182. The molecule has 0 spiro atoms. The molecule has 0 aliphatic heterocycles. The number of hydrogen-bond donors (Lipinski definition) is 1. The topological polar surface area (TPSA) is 73.0 Å². The van der Waals surface area contributed by atoms with Gasteiger partial charge in [0.15, 0.2) is 6.54 Å². The number of aryl methyl sites for hydroxylation is 1. The molecule has 88 valence electrons. The summed E-state index contributed by atoms with van der Waals surface area (Å²) >= 11 is 3.31. The number of nitrogens with zero attached hydrogens (tertiary/aromatic N) is 2. The summed E-state index contributed by atoms with van der Waals surface area (Å²) in [6, 6.07) is 7.25. The van der Waals surface area contributed by atoms with E-state index in [0.717, 1.165) is 4.47 Å². The van der Waals surface area contributed by atoms with Crippen LogP contribution in [-0.2, 0) is 6.54 Å². The van der Waals surface area contributed by atoms with Crippen molar-refractivity contribution >= 4 is 27.7 Å². The van der Waals surface area contributed by atoms with Crippen LogP contribution in [0.2, 0.25) is 0 Å². The molecule has 0 atom stereocenters. The first-order chi connectivity index (χ1) is 8.06. The molecule has 0 bridgehead atoms. The largest absolute Gasteiger partial charge is 0.475 e. The fourth-order valence-electron chi connectivity index (χ4n) is 1.42. The first-order valence-electron chi connectivity index (χ1n) is 4.98. The number of aromatic nitrogens is 2. The standard InChI is InChI=1S/C11H10BrN3O2/c1-7-14-15(11(13)17-7)6-10(16)8-2-4-9(12)5-3-8/h2-5,13H,6H2,1H3/p+1. The second-order valence-electron chi connectivity index (χ2n) is 3.55. The number of ketones is 1. The zero-order chi connectivity index (χ0) is 12.4. The number of carbonyl (C=O) groups is 1. The van der Waals surface area contributed by atoms with Crippen molar-refractivity contribution in [2.45, 2.75) is 13.5 Å². The Morgan fingerprint density at radius 3 is 2.65 bits per heavy atom. The van der Waals surface area contributed by atoms with E-state index in [1.165, 1.54) is 4.68 Å². The number of nitrogen functional groups attached to an aromatic ring is 1. The van der Waals surface area contributed by atoms with Crippen molar-refractivity contribution in [2.75, 3.05) is 5.73 Å². The van der Waals surface area contributed by atoms with E-state index in [4.69, 9.17) is 10.2 Å². The molecule has 0 fully saturated rings. The average Bonchev–Trinajstić information content (AvgIpc) is 2.58. The molecule has 2 rings (SSSR count). The van der Waals surface area contributed by atoms with Gasteiger partial charge in [0, 0.05) is 17.0 Å². The molecule has 0 amide bonds. The minimum absolute atomic E-state index is 0.0671. The van der Waals surface area contributed by atoms with Crippen LogP contribution in [0.15, 0.2) is 33.2 Å². The molecule has 5 nitrogen and oxygen atoms in total. The number of halogens is 1. The van der Waals surface area contributed by atoms with Gasteiger partial charge in [0.05, 0.1) is 0 Å². The van der Waals surface area contributed by atoms with E-state index in [2.05, 4.69) is 21.0 Å². The van der Waals surface area contributed by atoms with Crippen molar-refractivity contribution in [3.63, 3.8) is 0 Å². The molecule has 0 unspecified atom stereocenters. The maximum atomic E-state index is 11.9. The molecule has 0 radical (unpaired) electrons. The predicted molar refractivity (Wildman–Crippen MR) is 64.3 cm³/mol. The maximum Gasteiger partial charge on any atom is 0.475 e. The van der Waals surface area contributed by atoms with Crippen LogP contribution in [0.3, 0.4) is 0 Å². The van der Waals surface area contributed by atoms with Crippen LogP contribution in [0.4, 0.5) is 6.01 Å². The first kappa shape index (κ1) is 11.8. The second kappa shape index (κ2) is 4.67.